The van der Waals surface area contributed by atoms with Crippen LogP contribution in [0.2, 0.25) is 0 Å². The topological polar surface area (TPSA) is 0 Å². The molecule has 0 aliphatic heterocycles. The minimum Gasteiger partial charge on any atom is -0.0838 e. The third-order valence-electron chi connectivity index (χ3n) is 7.54. The average Bonchev–Trinajstić information content (AvgIpc) is 2.83. The van der Waals surface area contributed by atoms with Gasteiger partial charge < -0.3 is 0 Å². The third-order valence-corrected chi connectivity index (χ3v) is 9.95. The molecule has 0 saturated heterocycles. The Bertz CT molecular complexity index is 347. The maximum Gasteiger partial charge on any atom is -0.0291 e. The Labute approximate surface area is 213 Å². The van der Waals surface area contributed by atoms with Crippen molar-refractivity contribution in [1.82, 2.24) is 0 Å². The second-order valence-electron chi connectivity index (χ2n) is 10.7. The summed E-state index contributed by atoms with van der Waals surface area (Å²) in [5, 5.41) is 0. The second-order valence-corrected chi connectivity index (χ2v) is 13.1. The molecule has 0 atom stereocenters. The molecular formula is C32H65P. The Hall–Kier alpha value is 0.170. The Morgan fingerprint density at radius 3 is 1.12 bits per heavy atom. The Morgan fingerprint density at radius 2 is 0.788 bits per heavy atom. The molecule has 0 fully saturated rings. The van der Waals surface area contributed by atoms with E-state index in [1.54, 1.807) is 0 Å². The lowest BCUT2D eigenvalue weighted by Gasteiger charge is -2.15. The van der Waals surface area contributed by atoms with Crippen LogP contribution >= 0.6 is 7.92 Å². The van der Waals surface area contributed by atoms with Crippen molar-refractivity contribution in [2.75, 3.05) is 12.3 Å². The van der Waals surface area contributed by atoms with Crippen LogP contribution in [0.4, 0.5) is 0 Å². The summed E-state index contributed by atoms with van der Waals surface area (Å²) in [5.41, 5.74) is 0. The van der Waals surface area contributed by atoms with Gasteiger partial charge in [0, 0.05) is 0 Å². The summed E-state index contributed by atoms with van der Waals surface area (Å²) >= 11 is 0. The summed E-state index contributed by atoms with van der Waals surface area (Å²) in [6.45, 7) is 9.34. The van der Waals surface area contributed by atoms with Crippen molar-refractivity contribution in [1.29, 1.82) is 0 Å². The fraction of sp³-hybridized carbons (Fsp3) is 0.938. The molecule has 0 nitrogen and oxygen atoms in total. The highest BCUT2D eigenvalue weighted by molar-refractivity contribution is 7.60. The van der Waals surface area contributed by atoms with Gasteiger partial charge in [-0.25, -0.2) is 0 Å². The van der Waals surface area contributed by atoms with Gasteiger partial charge >= 0.3 is 0 Å². The van der Waals surface area contributed by atoms with Gasteiger partial charge in [-0.3, -0.25) is 0 Å². The van der Waals surface area contributed by atoms with E-state index in [9.17, 15) is 0 Å². The zero-order valence-corrected chi connectivity index (χ0v) is 24.8. The maximum atomic E-state index is 2.69. The molecular weight excluding hydrogens is 415 g/mol. The van der Waals surface area contributed by atoms with Gasteiger partial charge in [0.05, 0.1) is 0 Å². The van der Waals surface area contributed by atoms with E-state index < -0.39 is 0 Å². The summed E-state index contributed by atoms with van der Waals surface area (Å²) in [5.74, 6) is 3.60. The van der Waals surface area contributed by atoms with Gasteiger partial charge in [0.25, 0.3) is 0 Å². The molecule has 0 aromatic rings. The smallest absolute Gasteiger partial charge is 0.0291 e. The van der Waals surface area contributed by atoms with Crippen LogP contribution in [0.15, 0.2) is 11.9 Å². The molecule has 0 aromatic carbocycles. The molecule has 0 rings (SSSR count). The van der Waals surface area contributed by atoms with Crippen molar-refractivity contribution in [3.63, 3.8) is 0 Å². The second kappa shape index (κ2) is 28.4. The molecule has 1 heteroatoms. The van der Waals surface area contributed by atoms with Crippen molar-refractivity contribution < 1.29 is 0 Å². The van der Waals surface area contributed by atoms with Crippen molar-refractivity contribution in [3.05, 3.63) is 11.9 Å². The summed E-state index contributed by atoms with van der Waals surface area (Å²) in [6.07, 6.45) is 38.8. The normalized spacial score (nSPS) is 12.1. The Kier molecular flexibility index (Phi) is 28.6. The standard InChI is InChI=1S/C32H65P/c1-5-9-11-13-15-17-19-21-23-25-29-33(31-27-28-32(7-3)8-4)30-26-24-22-20-18-16-14-12-10-6-2/h27,31-32H,5-26,28-30H2,1-4H3. The van der Waals surface area contributed by atoms with Crippen LogP contribution in [0.3, 0.4) is 0 Å². The molecule has 0 amide bonds. The third kappa shape index (κ3) is 25.1. The van der Waals surface area contributed by atoms with E-state index in [-0.39, 0.29) is 7.92 Å². The number of unbranched alkanes of at least 4 members (excludes halogenated alkanes) is 18. The lowest BCUT2D eigenvalue weighted by Crippen LogP contribution is -1.94. The molecule has 0 spiro atoms. The van der Waals surface area contributed by atoms with Gasteiger partial charge in [-0.15, -0.1) is 0 Å². The van der Waals surface area contributed by atoms with Gasteiger partial charge in [-0.1, -0.05) is 176 Å². The SMILES string of the molecule is CCCCCCCCCCCCP(C=CCC(CC)CC)CCCCCCCCCCCC. The molecule has 0 saturated carbocycles. The first-order valence-corrected chi connectivity index (χ1v) is 17.5. The minimum atomic E-state index is 0.149. The van der Waals surface area contributed by atoms with Crippen LogP contribution in [0.5, 0.6) is 0 Å². The van der Waals surface area contributed by atoms with Crippen LogP contribution in [0, 0.1) is 5.92 Å². The number of hydrogen-bond acceptors (Lipinski definition) is 0. The first-order valence-electron chi connectivity index (χ1n) is 15.7. The highest BCUT2D eigenvalue weighted by atomic mass is 31.1. The Balaban J connectivity index is 3.96. The van der Waals surface area contributed by atoms with Gasteiger partial charge in [-0.05, 0) is 37.5 Å². The van der Waals surface area contributed by atoms with Crippen molar-refractivity contribution in [2.45, 2.75) is 175 Å². The number of rotatable bonds is 27. The van der Waals surface area contributed by atoms with Crippen LogP contribution in [-0.4, -0.2) is 12.3 Å². The molecule has 0 unspecified atom stereocenters. The first-order chi connectivity index (χ1) is 16.3. The molecule has 0 N–H and O–H groups in total. The monoisotopic (exact) mass is 480 g/mol. The van der Waals surface area contributed by atoms with Gasteiger partial charge in [0.15, 0.2) is 0 Å². The zero-order chi connectivity index (χ0) is 24.2. The molecule has 0 heterocycles. The molecule has 0 radical (unpaired) electrons. The predicted molar refractivity (Wildman–Crippen MR) is 158 cm³/mol. The largest absolute Gasteiger partial charge is 0.0838 e. The van der Waals surface area contributed by atoms with E-state index in [4.69, 9.17) is 0 Å². The highest BCUT2D eigenvalue weighted by Crippen LogP contribution is 2.40. The lowest BCUT2D eigenvalue weighted by atomic mass is 10.00. The van der Waals surface area contributed by atoms with Crippen molar-refractivity contribution in [3.8, 4) is 0 Å². The van der Waals surface area contributed by atoms with E-state index in [2.05, 4.69) is 39.6 Å². The average molecular weight is 481 g/mol. The molecule has 0 aromatic heterocycles. The van der Waals surface area contributed by atoms with E-state index in [0.29, 0.717) is 0 Å². The number of hydrogen-bond donors (Lipinski definition) is 0. The Morgan fingerprint density at radius 1 is 0.455 bits per heavy atom. The summed E-state index contributed by atoms with van der Waals surface area (Å²) in [4.78, 5) is 0. The van der Waals surface area contributed by atoms with Crippen molar-refractivity contribution in [2.24, 2.45) is 5.92 Å². The van der Waals surface area contributed by atoms with Gasteiger partial charge in [0.2, 0.25) is 0 Å². The van der Waals surface area contributed by atoms with E-state index in [1.807, 2.05) is 0 Å². The summed E-state index contributed by atoms with van der Waals surface area (Å²) in [6, 6.07) is 0. The lowest BCUT2D eigenvalue weighted by molar-refractivity contribution is 0.500. The molecule has 0 aliphatic carbocycles. The van der Waals surface area contributed by atoms with Gasteiger partial charge in [0.1, 0.15) is 0 Å². The van der Waals surface area contributed by atoms with Crippen molar-refractivity contribution >= 4 is 7.92 Å². The van der Waals surface area contributed by atoms with E-state index >= 15 is 0 Å². The zero-order valence-electron chi connectivity index (χ0n) is 23.9. The molecule has 0 bridgehead atoms. The fourth-order valence-corrected chi connectivity index (χ4v) is 7.09. The first kappa shape index (κ1) is 33.2. The highest BCUT2D eigenvalue weighted by Gasteiger charge is 2.06. The van der Waals surface area contributed by atoms with Crippen LogP contribution in [0.25, 0.3) is 0 Å². The summed E-state index contributed by atoms with van der Waals surface area (Å²) in [7, 11) is 0.149. The van der Waals surface area contributed by atoms with Crippen LogP contribution in [-0.2, 0) is 0 Å². The van der Waals surface area contributed by atoms with E-state index in [0.717, 1.165) is 5.92 Å². The van der Waals surface area contributed by atoms with E-state index in [1.165, 1.54) is 160 Å². The quantitative estimate of drug-likeness (QED) is 0.0809. The summed E-state index contributed by atoms with van der Waals surface area (Å²) < 4.78 is 0. The number of allylic oxidation sites excluding steroid dienone is 1. The molecule has 198 valence electrons. The predicted octanol–water partition coefficient (Wildman–Crippen LogP) is 12.7. The van der Waals surface area contributed by atoms with Crippen LogP contribution < -0.4 is 0 Å². The molecule has 0 aliphatic rings. The van der Waals surface area contributed by atoms with Gasteiger partial charge in [-0.2, -0.15) is 0 Å². The maximum absolute atomic E-state index is 2.69. The molecule has 33 heavy (non-hydrogen) atoms. The van der Waals surface area contributed by atoms with Crippen LogP contribution in [0.1, 0.15) is 175 Å². The fourth-order valence-electron chi connectivity index (χ4n) is 4.89. The minimum absolute atomic E-state index is 0.149.